The number of hydrogen-bond acceptors (Lipinski definition) is 4. The van der Waals surface area contributed by atoms with E-state index in [-0.39, 0.29) is 18.4 Å². The molecule has 0 radical (unpaired) electrons. The molecule has 1 aromatic rings. The first-order valence-electron chi connectivity index (χ1n) is 5.08. The summed E-state index contributed by atoms with van der Waals surface area (Å²) in [4.78, 5) is 25.8. The van der Waals surface area contributed by atoms with Gasteiger partial charge >= 0.3 is 0 Å². The van der Waals surface area contributed by atoms with Crippen molar-refractivity contribution >= 4 is 28.8 Å². The fourth-order valence-electron chi connectivity index (χ4n) is 1.79. The molecular formula is C10H13N3O2S. The number of carbonyl (C=O) groups excluding carboxylic acids is 2. The Morgan fingerprint density at radius 1 is 1.56 bits per heavy atom. The number of nitrogens with zero attached hydrogens (tertiary/aromatic N) is 1. The minimum Gasteiger partial charge on any atom is -0.302 e. The van der Waals surface area contributed by atoms with Crippen LogP contribution in [0.2, 0.25) is 0 Å². The maximum absolute atomic E-state index is 11.8. The molecule has 86 valence electrons. The van der Waals surface area contributed by atoms with Gasteiger partial charge < -0.3 is 4.90 Å². The van der Waals surface area contributed by atoms with E-state index >= 15 is 0 Å². The van der Waals surface area contributed by atoms with E-state index in [9.17, 15) is 9.59 Å². The monoisotopic (exact) mass is 239 g/mol. The highest BCUT2D eigenvalue weighted by Crippen LogP contribution is 2.31. The summed E-state index contributed by atoms with van der Waals surface area (Å²) in [6.45, 7) is -0.000926. The number of anilines is 1. The molecule has 0 fully saturated rings. The summed E-state index contributed by atoms with van der Waals surface area (Å²) in [5, 5.41) is 1.94. The smallest absolute Gasteiger partial charge is 0.253 e. The molecule has 0 bridgehead atoms. The number of nitrogens with two attached hydrogens (primary N) is 1. The first-order chi connectivity index (χ1) is 7.72. The first kappa shape index (κ1) is 11.1. The van der Waals surface area contributed by atoms with Gasteiger partial charge in [-0.25, -0.2) is 5.84 Å². The molecule has 16 heavy (non-hydrogen) atoms. The second kappa shape index (κ2) is 4.63. The number of thiophene rings is 1. The molecular weight excluding hydrogens is 226 g/mol. The molecule has 1 aromatic heterocycles. The fourth-order valence-corrected chi connectivity index (χ4v) is 2.72. The van der Waals surface area contributed by atoms with Crippen LogP contribution in [0.1, 0.15) is 17.7 Å². The summed E-state index contributed by atoms with van der Waals surface area (Å²) in [7, 11) is 0. The van der Waals surface area contributed by atoms with Crippen LogP contribution in [0.5, 0.6) is 0 Å². The molecule has 6 heteroatoms. The predicted molar refractivity (Wildman–Crippen MR) is 61.9 cm³/mol. The van der Waals surface area contributed by atoms with Crippen molar-refractivity contribution in [2.75, 3.05) is 11.4 Å². The van der Waals surface area contributed by atoms with E-state index in [4.69, 9.17) is 5.84 Å². The minimum absolute atomic E-state index is 0.000926. The molecule has 0 saturated carbocycles. The maximum Gasteiger partial charge on any atom is 0.253 e. The van der Waals surface area contributed by atoms with Crippen LogP contribution in [0, 0.1) is 0 Å². The van der Waals surface area contributed by atoms with Gasteiger partial charge in [0, 0.05) is 11.3 Å². The zero-order valence-electron chi connectivity index (χ0n) is 8.73. The van der Waals surface area contributed by atoms with Gasteiger partial charge in [-0.2, -0.15) is 0 Å². The Morgan fingerprint density at radius 3 is 3.12 bits per heavy atom. The molecule has 2 rings (SSSR count). The van der Waals surface area contributed by atoms with Crippen LogP contribution in [-0.2, 0) is 16.0 Å². The number of rotatable bonds is 2. The van der Waals surface area contributed by atoms with Gasteiger partial charge in [0.1, 0.15) is 6.54 Å². The van der Waals surface area contributed by atoms with Gasteiger partial charge in [-0.15, -0.1) is 11.3 Å². The van der Waals surface area contributed by atoms with E-state index in [1.807, 2.05) is 16.9 Å². The van der Waals surface area contributed by atoms with Crippen LogP contribution in [0.4, 0.5) is 5.69 Å². The lowest BCUT2D eigenvalue weighted by atomic mass is 10.2. The number of aryl methyl sites for hydroxylation is 1. The molecule has 1 aliphatic rings. The van der Waals surface area contributed by atoms with Crippen LogP contribution in [0.15, 0.2) is 11.4 Å². The van der Waals surface area contributed by atoms with E-state index in [2.05, 4.69) is 0 Å². The standard InChI is InChI=1S/C10H13N3O2S/c11-12-9(14)6-13-7-4-5-16-8(7)2-1-3-10(13)15/h4-5H,1-3,6,11H2,(H,12,14). The van der Waals surface area contributed by atoms with Gasteiger partial charge in [-0.05, 0) is 24.3 Å². The highest BCUT2D eigenvalue weighted by atomic mass is 32.1. The molecule has 0 unspecified atom stereocenters. The lowest BCUT2D eigenvalue weighted by Crippen LogP contribution is -2.42. The highest BCUT2D eigenvalue weighted by molar-refractivity contribution is 7.10. The number of carbonyl (C=O) groups is 2. The van der Waals surface area contributed by atoms with Crippen molar-refractivity contribution in [2.45, 2.75) is 19.3 Å². The largest absolute Gasteiger partial charge is 0.302 e. The van der Waals surface area contributed by atoms with E-state index < -0.39 is 0 Å². The molecule has 0 atom stereocenters. The molecule has 3 N–H and O–H groups in total. The minimum atomic E-state index is -0.354. The maximum atomic E-state index is 11.8. The quantitative estimate of drug-likeness (QED) is 0.446. The van der Waals surface area contributed by atoms with Crippen molar-refractivity contribution in [1.82, 2.24) is 5.43 Å². The number of hydrogen-bond donors (Lipinski definition) is 2. The second-order valence-electron chi connectivity index (χ2n) is 3.63. The van der Waals surface area contributed by atoms with Gasteiger partial charge in [-0.1, -0.05) is 0 Å². The lowest BCUT2D eigenvalue weighted by Gasteiger charge is -2.19. The van der Waals surface area contributed by atoms with E-state index in [0.29, 0.717) is 6.42 Å². The molecule has 5 nitrogen and oxygen atoms in total. The zero-order chi connectivity index (χ0) is 11.5. The third-order valence-electron chi connectivity index (χ3n) is 2.57. The summed E-state index contributed by atoms with van der Waals surface area (Å²) in [6, 6.07) is 1.88. The number of hydrazine groups is 1. The van der Waals surface area contributed by atoms with Gasteiger partial charge in [0.15, 0.2) is 0 Å². The summed E-state index contributed by atoms with van der Waals surface area (Å²) in [6.07, 6.45) is 2.23. The average Bonchev–Trinajstić information content (AvgIpc) is 2.68. The Morgan fingerprint density at radius 2 is 2.38 bits per heavy atom. The zero-order valence-corrected chi connectivity index (χ0v) is 9.55. The van der Waals surface area contributed by atoms with Crippen molar-refractivity contribution in [3.8, 4) is 0 Å². The van der Waals surface area contributed by atoms with Gasteiger partial charge in [-0.3, -0.25) is 15.0 Å². The van der Waals surface area contributed by atoms with E-state index in [1.165, 1.54) is 4.90 Å². The third-order valence-corrected chi connectivity index (χ3v) is 3.54. The number of nitrogens with one attached hydrogen (secondary N) is 1. The Hall–Kier alpha value is -1.40. The third kappa shape index (κ3) is 2.07. The van der Waals surface area contributed by atoms with Gasteiger partial charge in [0.2, 0.25) is 5.91 Å². The highest BCUT2D eigenvalue weighted by Gasteiger charge is 2.24. The topological polar surface area (TPSA) is 75.4 Å². The van der Waals surface area contributed by atoms with Crippen LogP contribution in [0.25, 0.3) is 0 Å². The number of fused-ring (bicyclic) bond motifs is 1. The molecule has 2 heterocycles. The van der Waals surface area contributed by atoms with Crippen LogP contribution in [-0.4, -0.2) is 18.4 Å². The van der Waals surface area contributed by atoms with Crippen molar-refractivity contribution in [1.29, 1.82) is 0 Å². The van der Waals surface area contributed by atoms with Gasteiger partial charge in [0.05, 0.1) is 5.69 Å². The van der Waals surface area contributed by atoms with Crippen molar-refractivity contribution in [2.24, 2.45) is 5.84 Å². The van der Waals surface area contributed by atoms with Crippen molar-refractivity contribution in [3.05, 3.63) is 16.3 Å². The van der Waals surface area contributed by atoms with E-state index in [0.717, 1.165) is 23.4 Å². The summed E-state index contributed by atoms with van der Waals surface area (Å²) < 4.78 is 0. The first-order valence-corrected chi connectivity index (χ1v) is 5.96. The normalized spacial score (nSPS) is 15.6. The fraction of sp³-hybridized carbons (Fsp3) is 0.400. The second-order valence-corrected chi connectivity index (χ2v) is 4.63. The van der Waals surface area contributed by atoms with Crippen molar-refractivity contribution in [3.63, 3.8) is 0 Å². The molecule has 0 aliphatic carbocycles. The summed E-state index contributed by atoms with van der Waals surface area (Å²) >= 11 is 1.62. The Bertz CT molecular complexity index is 416. The average molecular weight is 239 g/mol. The predicted octanol–water partition coefficient (Wildman–Crippen LogP) is 0.407. The Labute approximate surface area is 97.2 Å². The molecule has 0 saturated heterocycles. The van der Waals surface area contributed by atoms with Crippen LogP contribution >= 0.6 is 11.3 Å². The SMILES string of the molecule is NNC(=O)CN1C(=O)CCCc2sccc21. The van der Waals surface area contributed by atoms with Gasteiger partial charge in [0.25, 0.3) is 5.91 Å². The molecule has 0 aromatic carbocycles. The molecule has 0 spiro atoms. The molecule has 2 amide bonds. The Kier molecular flexibility index (Phi) is 3.21. The lowest BCUT2D eigenvalue weighted by molar-refractivity contribution is -0.123. The summed E-state index contributed by atoms with van der Waals surface area (Å²) in [5.41, 5.74) is 2.90. The van der Waals surface area contributed by atoms with Crippen LogP contribution in [0.3, 0.4) is 0 Å². The summed E-state index contributed by atoms with van der Waals surface area (Å²) in [5.74, 6) is 4.67. The van der Waals surface area contributed by atoms with Crippen molar-refractivity contribution < 1.29 is 9.59 Å². The molecule has 1 aliphatic heterocycles. The Balaban J connectivity index is 2.27. The number of amides is 2. The van der Waals surface area contributed by atoms with E-state index in [1.54, 1.807) is 11.3 Å². The van der Waals surface area contributed by atoms with Crippen LogP contribution < -0.4 is 16.2 Å².